The molecule has 1 atom stereocenters. The van der Waals surface area contributed by atoms with Gasteiger partial charge in [-0.2, -0.15) is 0 Å². The molecule has 1 unspecified atom stereocenters. The van der Waals surface area contributed by atoms with Crippen molar-refractivity contribution >= 4 is 17.7 Å². The molecule has 3 amide bonds. The molecule has 8 nitrogen and oxygen atoms in total. The Morgan fingerprint density at radius 3 is 1.52 bits per heavy atom. The molecule has 192 valence electrons. The zero-order valence-corrected chi connectivity index (χ0v) is 22.2. The molecule has 0 saturated carbocycles. The zero-order valence-electron chi connectivity index (χ0n) is 22.2. The number of hydrogen-bond donors (Lipinski definition) is 4. The van der Waals surface area contributed by atoms with Gasteiger partial charge in [-0.15, -0.1) is 0 Å². The van der Waals surface area contributed by atoms with Gasteiger partial charge in [0, 0.05) is 68.8 Å². The highest BCUT2D eigenvalue weighted by atomic mass is 16.2. The first-order valence-electron chi connectivity index (χ1n) is 12.4. The van der Waals surface area contributed by atoms with E-state index in [1.54, 1.807) is 0 Å². The van der Waals surface area contributed by atoms with E-state index in [1.165, 1.54) is 0 Å². The van der Waals surface area contributed by atoms with Crippen molar-refractivity contribution in [3.63, 3.8) is 0 Å². The topological polar surface area (TPSA) is 103 Å². The molecule has 0 spiro atoms. The van der Waals surface area contributed by atoms with Gasteiger partial charge in [0.15, 0.2) is 0 Å². The summed E-state index contributed by atoms with van der Waals surface area (Å²) in [5.41, 5.74) is 0.980. The molecule has 0 aliphatic carbocycles. The van der Waals surface area contributed by atoms with Crippen molar-refractivity contribution in [3.05, 3.63) is 12.3 Å². The summed E-state index contributed by atoms with van der Waals surface area (Å²) in [5, 5.41) is 12.4. The molecule has 0 aromatic heterocycles. The van der Waals surface area contributed by atoms with Crippen LogP contribution in [-0.2, 0) is 14.4 Å². The lowest BCUT2D eigenvalue weighted by Crippen LogP contribution is -2.49. The highest BCUT2D eigenvalue weighted by molar-refractivity contribution is 5.78. The highest BCUT2D eigenvalue weighted by Crippen LogP contribution is 2.05. The van der Waals surface area contributed by atoms with E-state index in [0.29, 0.717) is 45.2 Å². The summed E-state index contributed by atoms with van der Waals surface area (Å²) in [7, 11) is 0. The van der Waals surface area contributed by atoms with Crippen LogP contribution < -0.4 is 21.3 Å². The van der Waals surface area contributed by atoms with Crippen LogP contribution in [0.2, 0.25) is 0 Å². The van der Waals surface area contributed by atoms with E-state index in [9.17, 15) is 14.4 Å². The molecule has 0 aliphatic heterocycles. The van der Waals surface area contributed by atoms with Gasteiger partial charge in [0.2, 0.25) is 17.7 Å². The quantitative estimate of drug-likeness (QED) is 0.262. The standard InChI is InChI=1S/C25H49N5O3/c1-17(2)21(9)26-11-10-22(29-25(33)20(7)8)16-30(14-12-27-23(31)18(3)4)15-13-28-24(32)19(5)6/h17-20,22,26H,9-16H2,1-8H3,(H,27,31)(H,28,32)(H,29,33). The number of hydrogen-bond acceptors (Lipinski definition) is 5. The van der Waals surface area contributed by atoms with Gasteiger partial charge in [-0.25, -0.2) is 0 Å². The third kappa shape index (κ3) is 14.6. The van der Waals surface area contributed by atoms with Crippen LogP contribution in [-0.4, -0.2) is 67.9 Å². The summed E-state index contributed by atoms with van der Waals surface area (Å²) in [6.07, 6.45) is 0.747. The van der Waals surface area contributed by atoms with Crippen LogP contribution in [0.5, 0.6) is 0 Å². The number of rotatable bonds is 17. The van der Waals surface area contributed by atoms with Crippen molar-refractivity contribution in [2.24, 2.45) is 23.7 Å². The van der Waals surface area contributed by atoms with Crippen molar-refractivity contribution in [1.82, 2.24) is 26.2 Å². The van der Waals surface area contributed by atoms with Gasteiger partial charge in [-0.1, -0.05) is 62.0 Å². The second-order valence-corrected chi connectivity index (χ2v) is 9.95. The van der Waals surface area contributed by atoms with Crippen molar-refractivity contribution < 1.29 is 14.4 Å². The maximum absolute atomic E-state index is 12.4. The Kier molecular flexibility index (Phi) is 15.5. The molecule has 0 radical (unpaired) electrons. The van der Waals surface area contributed by atoms with Gasteiger partial charge < -0.3 is 21.3 Å². The second-order valence-electron chi connectivity index (χ2n) is 9.95. The molecule has 0 aromatic carbocycles. The van der Waals surface area contributed by atoms with Crippen LogP contribution in [0.3, 0.4) is 0 Å². The molecule has 0 saturated heterocycles. The number of carbonyl (C=O) groups is 3. The minimum absolute atomic E-state index is 0.0175. The normalized spacial score (nSPS) is 12.4. The van der Waals surface area contributed by atoms with Gasteiger partial charge in [0.25, 0.3) is 0 Å². The summed E-state index contributed by atoms with van der Waals surface area (Å²) < 4.78 is 0. The van der Waals surface area contributed by atoms with Gasteiger partial charge in [0.05, 0.1) is 0 Å². The third-order valence-corrected chi connectivity index (χ3v) is 5.39. The van der Waals surface area contributed by atoms with Gasteiger partial charge in [-0.3, -0.25) is 19.3 Å². The van der Waals surface area contributed by atoms with Crippen LogP contribution in [0.25, 0.3) is 0 Å². The van der Waals surface area contributed by atoms with Crippen molar-refractivity contribution in [2.45, 2.75) is 67.9 Å². The van der Waals surface area contributed by atoms with E-state index in [0.717, 1.165) is 12.1 Å². The number of allylic oxidation sites excluding steroid dienone is 1. The Morgan fingerprint density at radius 1 is 0.667 bits per heavy atom. The molecule has 4 N–H and O–H groups in total. The zero-order chi connectivity index (χ0) is 25.6. The first kappa shape index (κ1) is 30.9. The Balaban J connectivity index is 5.13. The monoisotopic (exact) mass is 467 g/mol. The van der Waals surface area contributed by atoms with E-state index < -0.39 is 0 Å². The molecule has 0 fully saturated rings. The molecule has 0 rings (SSSR count). The highest BCUT2D eigenvalue weighted by Gasteiger charge is 2.19. The van der Waals surface area contributed by atoms with E-state index in [1.807, 2.05) is 41.5 Å². The predicted octanol–water partition coefficient (Wildman–Crippen LogP) is 2.12. The Bertz CT molecular complexity index is 591. The van der Waals surface area contributed by atoms with Gasteiger partial charge in [-0.05, 0) is 12.3 Å². The minimum atomic E-state index is -0.102. The van der Waals surface area contributed by atoms with E-state index in [4.69, 9.17) is 0 Å². The Hall–Kier alpha value is -2.09. The largest absolute Gasteiger partial charge is 0.389 e. The summed E-state index contributed by atoms with van der Waals surface area (Å²) >= 11 is 0. The molecule has 0 aliphatic rings. The molecule has 0 heterocycles. The lowest BCUT2D eigenvalue weighted by molar-refractivity contribution is -0.125. The molecule has 0 aromatic rings. The van der Waals surface area contributed by atoms with E-state index in [-0.39, 0.29) is 41.5 Å². The average molecular weight is 468 g/mol. The maximum atomic E-state index is 12.4. The fourth-order valence-electron chi connectivity index (χ4n) is 2.88. The van der Waals surface area contributed by atoms with Crippen LogP contribution in [0.15, 0.2) is 12.3 Å². The maximum Gasteiger partial charge on any atom is 0.222 e. The molecule has 33 heavy (non-hydrogen) atoms. The lowest BCUT2D eigenvalue weighted by atomic mass is 10.1. The number of amides is 3. The fourth-order valence-corrected chi connectivity index (χ4v) is 2.88. The summed E-state index contributed by atoms with van der Waals surface area (Å²) in [5.74, 6) is 0.163. The van der Waals surface area contributed by atoms with Crippen LogP contribution in [0.1, 0.15) is 61.8 Å². The first-order valence-corrected chi connectivity index (χ1v) is 12.4. The van der Waals surface area contributed by atoms with Crippen molar-refractivity contribution in [2.75, 3.05) is 39.3 Å². The van der Waals surface area contributed by atoms with E-state index >= 15 is 0 Å². The summed E-state index contributed by atoms with van der Waals surface area (Å²) in [6.45, 7) is 23.1. The lowest BCUT2D eigenvalue weighted by Gasteiger charge is -2.29. The smallest absolute Gasteiger partial charge is 0.222 e. The van der Waals surface area contributed by atoms with Crippen molar-refractivity contribution in [3.8, 4) is 0 Å². The van der Waals surface area contributed by atoms with Crippen LogP contribution in [0.4, 0.5) is 0 Å². The average Bonchev–Trinajstić information content (AvgIpc) is 2.72. The molecular formula is C25H49N5O3. The molecule has 8 heteroatoms. The summed E-state index contributed by atoms with van der Waals surface area (Å²) in [6, 6.07) is -0.0611. The van der Waals surface area contributed by atoms with Gasteiger partial charge >= 0.3 is 0 Å². The fraction of sp³-hybridized carbons (Fsp3) is 0.800. The van der Waals surface area contributed by atoms with Crippen LogP contribution >= 0.6 is 0 Å². The van der Waals surface area contributed by atoms with Gasteiger partial charge in [0.1, 0.15) is 0 Å². The molecule has 0 bridgehead atoms. The predicted molar refractivity (Wildman–Crippen MR) is 136 cm³/mol. The Labute approximate surface area is 201 Å². The Morgan fingerprint density at radius 2 is 1.12 bits per heavy atom. The number of carbonyl (C=O) groups excluding carboxylic acids is 3. The minimum Gasteiger partial charge on any atom is -0.389 e. The summed E-state index contributed by atoms with van der Waals surface area (Å²) in [4.78, 5) is 38.5. The SMILES string of the molecule is C=C(NCCC(CN(CCNC(=O)C(C)C)CCNC(=O)C(C)C)NC(=O)C(C)C)C(C)C. The second kappa shape index (κ2) is 16.5. The van der Waals surface area contributed by atoms with E-state index in [2.05, 4.69) is 46.6 Å². The third-order valence-electron chi connectivity index (χ3n) is 5.39. The van der Waals surface area contributed by atoms with Crippen LogP contribution in [0, 0.1) is 23.7 Å². The number of nitrogens with one attached hydrogen (secondary N) is 4. The first-order chi connectivity index (χ1) is 15.3. The van der Waals surface area contributed by atoms with Crippen molar-refractivity contribution in [1.29, 1.82) is 0 Å². The molecular weight excluding hydrogens is 418 g/mol. The number of nitrogens with zero attached hydrogens (tertiary/aromatic N) is 1.